The fourth-order valence-corrected chi connectivity index (χ4v) is 4.82. The molecule has 1 atom stereocenters. The van der Waals surface area contributed by atoms with E-state index in [1.54, 1.807) is 0 Å². The van der Waals surface area contributed by atoms with Crippen LogP contribution in [-0.4, -0.2) is 99.7 Å². The van der Waals surface area contributed by atoms with Gasteiger partial charge in [0.25, 0.3) is 5.69 Å². The summed E-state index contributed by atoms with van der Waals surface area (Å²) in [6.07, 6.45) is -1.000. The Morgan fingerprint density at radius 1 is 1.06 bits per heavy atom. The van der Waals surface area contributed by atoms with E-state index in [0.29, 0.717) is 26.3 Å². The normalized spacial score (nSPS) is 20.1. The van der Waals surface area contributed by atoms with Gasteiger partial charge < -0.3 is 20.1 Å². The molecular weight excluding hydrogens is 446 g/mol. The summed E-state index contributed by atoms with van der Waals surface area (Å²) in [5.74, 6) is -1.71. The van der Waals surface area contributed by atoms with Crippen molar-refractivity contribution >= 4 is 27.5 Å². The van der Waals surface area contributed by atoms with Gasteiger partial charge in [-0.15, -0.1) is 0 Å². The second-order valence-corrected chi connectivity index (χ2v) is 9.00. The van der Waals surface area contributed by atoms with Crippen molar-refractivity contribution < 1.29 is 32.4 Å². The molecule has 0 saturated carbocycles. The second-order valence-electron chi connectivity index (χ2n) is 7.11. The lowest BCUT2D eigenvalue weighted by Crippen LogP contribution is -2.48. The second kappa shape index (κ2) is 10.8. The van der Waals surface area contributed by atoms with Gasteiger partial charge in [0.05, 0.1) is 36.2 Å². The molecule has 0 aliphatic carbocycles. The fraction of sp³-hybridized carbons (Fsp3) is 0.556. The number of rotatable bonds is 8. The Kier molecular flexibility index (Phi) is 8.09. The molecule has 2 heterocycles. The first kappa shape index (κ1) is 24.0. The van der Waals surface area contributed by atoms with Gasteiger partial charge in [-0.1, -0.05) is 0 Å². The van der Waals surface area contributed by atoms with E-state index in [1.807, 2.05) is 0 Å². The van der Waals surface area contributed by atoms with E-state index >= 15 is 0 Å². The molecule has 2 aliphatic rings. The number of morpholine rings is 1. The Labute approximate surface area is 184 Å². The SMILES string of the molecule is O=C(NCCN1CCOCC1)C(=O)NCC1OCCN1S(=O)(=O)c1ccc([N+](=O)[O-])cc1. The lowest BCUT2D eigenvalue weighted by molar-refractivity contribution is -0.384. The number of sulfonamides is 1. The Bertz CT molecular complexity index is 933. The monoisotopic (exact) mass is 471 g/mol. The zero-order valence-electron chi connectivity index (χ0n) is 17.3. The van der Waals surface area contributed by atoms with Gasteiger partial charge in [0.2, 0.25) is 10.0 Å². The van der Waals surface area contributed by atoms with Crippen molar-refractivity contribution in [1.29, 1.82) is 0 Å². The molecule has 2 saturated heterocycles. The van der Waals surface area contributed by atoms with Crippen LogP contribution in [0.2, 0.25) is 0 Å². The zero-order valence-corrected chi connectivity index (χ0v) is 18.1. The Morgan fingerprint density at radius 3 is 2.38 bits per heavy atom. The van der Waals surface area contributed by atoms with E-state index in [1.165, 1.54) is 0 Å². The summed E-state index contributed by atoms with van der Waals surface area (Å²) in [4.78, 5) is 36.2. The quantitative estimate of drug-likeness (QED) is 0.261. The zero-order chi connectivity index (χ0) is 23.1. The van der Waals surface area contributed by atoms with Crippen molar-refractivity contribution in [3.05, 3.63) is 34.4 Å². The van der Waals surface area contributed by atoms with Crippen molar-refractivity contribution in [3.63, 3.8) is 0 Å². The first-order valence-electron chi connectivity index (χ1n) is 10.0. The minimum Gasteiger partial charge on any atom is -0.379 e. The van der Waals surface area contributed by atoms with Gasteiger partial charge in [0.1, 0.15) is 6.23 Å². The molecule has 0 spiro atoms. The van der Waals surface area contributed by atoms with Crippen molar-refractivity contribution in [2.45, 2.75) is 11.1 Å². The molecule has 14 heteroatoms. The number of ether oxygens (including phenoxy) is 2. The highest BCUT2D eigenvalue weighted by Gasteiger charge is 2.37. The predicted molar refractivity (Wildman–Crippen MR) is 110 cm³/mol. The number of hydrogen-bond donors (Lipinski definition) is 2. The van der Waals surface area contributed by atoms with Crippen LogP contribution in [-0.2, 0) is 29.1 Å². The predicted octanol–water partition coefficient (Wildman–Crippen LogP) is -1.49. The maximum Gasteiger partial charge on any atom is 0.309 e. The number of nitro groups is 1. The van der Waals surface area contributed by atoms with Crippen molar-refractivity contribution in [2.24, 2.45) is 0 Å². The number of nitrogens with zero attached hydrogens (tertiary/aromatic N) is 3. The Morgan fingerprint density at radius 2 is 1.72 bits per heavy atom. The van der Waals surface area contributed by atoms with Crippen molar-refractivity contribution in [3.8, 4) is 0 Å². The Balaban J connectivity index is 1.49. The third-order valence-corrected chi connectivity index (χ3v) is 6.96. The number of amides is 2. The third kappa shape index (κ3) is 5.98. The highest BCUT2D eigenvalue weighted by atomic mass is 32.2. The highest BCUT2D eigenvalue weighted by molar-refractivity contribution is 7.89. The molecule has 1 aromatic carbocycles. The maximum absolute atomic E-state index is 12.9. The fourth-order valence-electron chi connectivity index (χ4n) is 3.31. The smallest absolute Gasteiger partial charge is 0.309 e. The molecule has 2 aliphatic heterocycles. The van der Waals surface area contributed by atoms with Crippen molar-refractivity contribution in [1.82, 2.24) is 19.8 Å². The van der Waals surface area contributed by atoms with Crippen LogP contribution in [0.15, 0.2) is 29.2 Å². The third-order valence-electron chi connectivity index (χ3n) is 5.06. The van der Waals surface area contributed by atoms with Crippen LogP contribution in [0, 0.1) is 10.1 Å². The van der Waals surface area contributed by atoms with Gasteiger partial charge in [0.15, 0.2) is 0 Å². The van der Waals surface area contributed by atoms with Gasteiger partial charge in [0, 0.05) is 44.9 Å². The van der Waals surface area contributed by atoms with Crippen LogP contribution in [0.4, 0.5) is 5.69 Å². The topological polar surface area (TPSA) is 160 Å². The van der Waals surface area contributed by atoms with Gasteiger partial charge in [-0.2, -0.15) is 4.31 Å². The number of nitro benzene ring substituents is 1. The highest BCUT2D eigenvalue weighted by Crippen LogP contribution is 2.24. The lowest BCUT2D eigenvalue weighted by Gasteiger charge is -2.26. The maximum atomic E-state index is 12.9. The number of nitrogens with one attached hydrogen (secondary N) is 2. The van der Waals surface area contributed by atoms with Crippen LogP contribution in [0.3, 0.4) is 0 Å². The average Bonchev–Trinajstić information content (AvgIpc) is 3.27. The molecular formula is C18H25N5O8S. The molecule has 2 N–H and O–H groups in total. The molecule has 3 rings (SSSR count). The van der Waals surface area contributed by atoms with E-state index < -0.39 is 33.0 Å². The minimum atomic E-state index is -4.01. The summed E-state index contributed by atoms with van der Waals surface area (Å²) < 4.78 is 37.4. The molecule has 0 aromatic heterocycles. The summed E-state index contributed by atoms with van der Waals surface area (Å²) >= 11 is 0. The van der Waals surface area contributed by atoms with Crippen LogP contribution >= 0.6 is 0 Å². The van der Waals surface area contributed by atoms with Crippen molar-refractivity contribution in [2.75, 3.05) is 59.1 Å². The molecule has 0 radical (unpaired) electrons. The van der Waals surface area contributed by atoms with Gasteiger partial charge in [-0.3, -0.25) is 24.6 Å². The van der Waals surface area contributed by atoms with Gasteiger partial charge >= 0.3 is 11.8 Å². The first-order valence-corrected chi connectivity index (χ1v) is 11.5. The first-order chi connectivity index (χ1) is 15.3. The van der Waals surface area contributed by atoms with Gasteiger partial charge in [-0.25, -0.2) is 8.42 Å². The van der Waals surface area contributed by atoms with E-state index in [-0.39, 0.29) is 30.3 Å². The van der Waals surface area contributed by atoms with Gasteiger partial charge in [-0.05, 0) is 12.1 Å². The molecule has 2 amide bonds. The Hall–Kier alpha value is -2.65. The molecule has 0 bridgehead atoms. The molecule has 1 unspecified atom stereocenters. The van der Waals surface area contributed by atoms with Crippen LogP contribution in [0.1, 0.15) is 0 Å². The number of benzene rings is 1. The van der Waals surface area contributed by atoms with Crippen LogP contribution in [0.5, 0.6) is 0 Å². The molecule has 176 valence electrons. The summed E-state index contributed by atoms with van der Waals surface area (Å²) in [7, 11) is -4.01. The molecule has 13 nitrogen and oxygen atoms in total. The van der Waals surface area contributed by atoms with E-state index in [2.05, 4.69) is 15.5 Å². The summed E-state index contributed by atoms with van der Waals surface area (Å²) in [5, 5.41) is 15.7. The number of carbonyl (C=O) groups is 2. The molecule has 32 heavy (non-hydrogen) atoms. The van der Waals surface area contributed by atoms with E-state index in [9.17, 15) is 28.1 Å². The number of carbonyl (C=O) groups excluding carboxylic acids is 2. The summed E-state index contributed by atoms with van der Waals surface area (Å²) in [6, 6.07) is 4.48. The van der Waals surface area contributed by atoms with E-state index in [0.717, 1.165) is 41.7 Å². The van der Waals surface area contributed by atoms with E-state index in [4.69, 9.17) is 9.47 Å². The minimum absolute atomic E-state index is 0.0472. The number of non-ortho nitro benzene ring substituents is 1. The van der Waals surface area contributed by atoms with Crippen LogP contribution < -0.4 is 10.6 Å². The summed E-state index contributed by atoms with van der Waals surface area (Å²) in [6.45, 7) is 3.62. The average molecular weight is 471 g/mol. The summed E-state index contributed by atoms with van der Waals surface area (Å²) in [5.41, 5.74) is -0.231. The molecule has 2 fully saturated rings. The number of hydrogen-bond acceptors (Lipinski definition) is 9. The van der Waals surface area contributed by atoms with Crippen LogP contribution in [0.25, 0.3) is 0 Å². The largest absolute Gasteiger partial charge is 0.379 e. The molecule has 1 aromatic rings. The standard InChI is InChI=1S/C18H25N5O8S/c24-17(19-5-6-21-7-10-30-11-8-21)18(25)20-13-16-22(9-12-31-16)32(28,29)15-3-1-14(2-4-15)23(26)27/h1-4,16H,5-13H2,(H,19,24)(H,20,25). The lowest BCUT2D eigenvalue weighted by atomic mass is 10.3.